The Labute approximate surface area is 225 Å². The van der Waals surface area contributed by atoms with Gasteiger partial charge in [-0.3, -0.25) is 0 Å². The van der Waals surface area contributed by atoms with Crippen molar-refractivity contribution < 1.29 is 19.2 Å². The largest absolute Gasteiger partial charge is 0.478 e. The molecule has 8 heteroatoms. The minimum absolute atomic E-state index is 0.0708. The Morgan fingerprint density at radius 3 is 2.46 bits per heavy atom. The highest BCUT2D eigenvalue weighted by molar-refractivity contribution is 6.39. The molecule has 0 aliphatic heterocycles. The number of carbonyl (C=O) groups is 1. The van der Waals surface area contributed by atoms with E-state index in [2.05, 4.69) is 22.0 Å². The zero-order valence-corrected chi connectivity index (χ0v) is 21.7. The van der Waals surface area contributed by atoms with E-state index in [1.807, 2.05) is 18.2 Å². The van der Waals surface area contributed by atoms with E-state index in [1.54, 1.807) is 0 Å². The van der Waals surface area contributed by atoms with E-state index in [1.165, 1.54) is 18.3 Å². The minimum Gasteiger partial charge on any atom is -0.478 e. The van der Waals surface area contributed by atoms with Crippen molar-refractivity contribution in [3.05, 3.63) is 69.2 Å². The summed E-state index contributed by atoms with van der Waals surface area (Å²) in [6.45, 7) is 0.413. The first-order chi connectivity index (χ1) is 17.9. The lowest BCUT2D eigenvalue weighted by atomic mass is 9.59. The molecule has 0 radical (unpaired) electrons. The molecule has 4 fully saturated rings. The van der Waals surface area contributed by atoms with Crippen molar-refractivity contribution in [2.45, 2.75) is 69.5 Å². The molecule has 2 aromatic heterocycles. The summed E-state index contributed by atoms with van der Waals surface area (Å²) in [4.78, 5) is 15.5. The zero-order chi connectivity index (χ0) is 25.6. The lowest BCUT2D eigenvalue weighted by molar-refractivity contribution is -0.131. The van der Waals surface area contributed by atoms with Crippen LogP contribution in [0.3, 0.4) is 0 Å². The molecule has 4 aliphatic rings. The Kier molecular flexibility index (Phi) is 6.27. The molecule has 1 aromatic carbocycles. The van der Waals surface area contributed by atoms with Gasteiger partial charge in [-0.15, -0.1) is 0 Å². The van der Waals surface area contributed by atoms with Gasteiger partial charge in [0, 0.05) is 28.7 Å². The summed E-state index contributed by atoms with van der Waals surface area (Å²) < 4.78 is 12.5. The fourth-order valence-electron chi connectivity index (χ4n) is 5.66. The van der Waals surface area contributed by atoms with E-state index in [-0.39, 0.29) is 16.6 Å². The second kappa shape index (κ2) is 9.47. The number of pyridine rings is 1. The number of halogens is 2. The van der Waals surface area contributed by atoms with Gasteiger partial charge in [-0.05, 0) is 81.6 Å². The number of rotatable bonds is 6. The number of hydrogen-bond donors (Lipinski definition) is 1. The molecule has 1 N–H and O–H groups in total. The van der Waals surface area contributed by atoms with Crippen molar-refractivity contribution >= 4 is 29.2 Å². The molecule has 0 saturated heterocycles. The highest BCUT2D eigenvalue weighted by Gasteiger charge is 2.49. The lowest BCUT2D eigenvalue weighted by Gasteiger charge is -2.51. The molecule has 0 atom stereocenters. The molecule has 0 unspecified atom stereocenters. The van der Waals surface area contributed by atoms with E-state index in [9.17, 15) is 9.90 Å². The Morgan fingerprint density at radius 2 is 1.81 bits per heavy atom. The van der Waals surface area contributed by atoms with Crippen molar-refractivity contribution in [2.75, 3.05) is 0 Å². The van der Waals surface area contributed by atoms with Gasteiger partial charge in [0.05, 0.1) is 27.8 Å². The van der Waals surface area contributed by atoms with Gasteiger partial charge in [-0.1, -0.05) is 40.3 Å². The number of benzene rings is 1. The maximum absolute atomic E-state index is 11.3. The molecule has 37 heavy (non-hydrogen) atoms. The van der Waals surface area contributed by atoms with Crippen LogP contribution in [0.4, 0.5) is 0 Å². The fourth-order valence-corrected chi connectivity index (χ4v) is 6.23. The summed E-state index contributed by atoms with van der Waals surface area (Å²) >= 11 is 13.0. The number of ether oxygens (including phenoxy) is 1. The molecule has 2 heterocycles. The third kappa shape index (κ3) is 4.77. The van der Waals surface area contributed by atoms with Crippen LogP contribution in [0.15, 0.2) is 41.1 Å². The first-order valence-corrected chi connectivity index (χ1v) is 13.4. The standard InChI is InChI=1S/C29H26Cl2N2O4/c30-22-2-1-3-23(31)24(22)25-21(26(37-33-25)18-4-5-18)17-36-29-12-9-28(10-13-29,11-14-29)8-6-20-16-19(27(34)35)7-15-32-20/h1-3,7,15-16,18H,4-5,9-14,17H2,(H,34,35). The van der Waals surface area contributed by atoms with Gasteiger partial charge in [0.25, 0.3) is 0 Å². The molecular weight excluding hydrogens is 511 g/mol. The van der Waals surface area contributed by atoms with Crippen molar-refractivity contribution in [3.8, 4) is 23.1 Å². The first-order valence-electron chi connectivity index (χ1n) is 12.7. The second-order valence-corrected chi connectivity index (χ2v) is 11.3. The number of nitrogens with zero attached hydrogens (tertiary/aromatic N) is 2. The number of carboxylic acid groups (broad SMARTS) is 1. The van der Waals surface area contributed by atoms with Crippen LogP contribution in [0.5, 0.6) is 0 Å². The number of fused-ring (bicyclic) bond motifs is 3. The monoisotopic (exact) mass is 536 g/mol. The molecule has 0 spiro atoms. The van der Waals surface area contributed by atoms with Crippen LogP contribution in [0.1, 0.15) is 84.7 Å². The summed E-state index contributed by atoms with van der Waals surface area (Å²) in [5.41, 5.74) is 2.77. The lowest BCUT2D eigenvalue weighted by Crippen LogP contribution is -2.47. The molecule has 0 amide bonds. The minimum atomic E-state index is -0.974. The summed E-state index contributed by atoms with van der Waals surface area (Å²) in [6, 6.07) is 8.46. The van der Waals surface area contributed by atoms with E-state index in [0.29, 0.717) is 39.5 Å². The Balaban J connectivity index is 1.18. The van der Waals surface area contributed by atoms with E-state index < -0.39 is 5.97 Å². The molecule has 6 nitrogen and oxygen atoms in total. The maximum Gasteiger partial charge on any atom is 0.335 e. The molecule has 190 valence electrons. The van der Waals surface area contributed by atoms with Crippen LogP contribution in [-0.2, 0) is 11.3 Å². The van der Waals surface area contributed by atoms with Gasteiger partial charge in [0.2, 0.25) is 0 Å². The van der Waals surface area contributed by atoms with Gasteiger partial charge >= 0.3 is 5.97 Å². The number of hydrogen-bond acceptors (Lipinski definition) is 5. The smallest absolute Gasteiger partial charge is 0.335 e. The number of aromatic nitrogens is 2. The molecular formula is C29H26Cl2N2O4. The number of carboxylic acids is 1. The van der Waals surface area contributed by atoms with Gasteiger partial charge in [-0.25, -0.2) is 9.78 Å². The third-order valence-electron chi connectivity index (χ3n) is 8.13. The molecule has 7 rings (SSSR count). The highest BCUT2D eigenvalue weighted by Crippen LogP contribution is 2.54. The van der Waals surface area contributed by atoms with Crippen LogP contribution in [0, 0.1) is 17.3 Å². The SMILES string of the molecule is O=C(O)c1ccnc(C#CC23CCC(OCc4c(-c5c(Cl)cccc5Cl)noc4C4CC4)(CC2)CC3)c1. The van der Waals surface area contributed by atoms with E-state index in [4.69, 9.17) is 32.5 Å². The average Bonchev–Trinajstić information content (AvgIpc) is 3.68. The Morgan fingerprint density at radius 1 is 1.11 bits per heavy atom. The maximum atomic E-state index is 11.3. The quantitative estimate of drug-likeness (QED) is 0.333. The summed E-state index contributed by atoms with van der Waals surface area (Å²) in [5, 5.41) is 14.7. The predicted octanol–water partition coefficient (Wildman–Crippen LogP) is 7.28. The van der Waals surface area contributed by atoms with Crippen molar-refractivity contribution in [1.82, 2.24) is 10.1 Å². The molecule has 4 saturated carbocycles. The molecule has 2 bridgehead atoms. The van der Waals surface area contributed by atoms with Crippen molar-refractivity contribution in [2.24, 2.45) is 5.41 Å². The van der Waals surface area contributed by atoms with Crippen LogP contribution in [0.25, 0.3) is 11.3 Å². The summed E-state index contributed by atoms with van der Waals surface area (Å²) in [7, 11) is 0. The topological polar surface area (TPSA) is 85.5 Å². The predicted molar refractivity (Wildman–Crippen MR) is 140 cm³/mol. The molecule has 4 aliphatic carbocycles. The summed E-state index contributed by atoms with van der Waals surface area (Å²) in [6.07, 6.45) is 9.30. The first kappa shape index (κ1) is 24.5. The zero-order valence-electron chi connectivity index (χ0n) is 20.2. The van der Waals surface area contributed by atoms with Crippen LogP contribution < -0.4 is 0 Å². The van der Waals surface area contributed by atoms with Gasteiger partial charge < -0.3 is 14.4 Å². The normalized spacial score (nSPS) is 24.5. The van der Waals surface area contributed by atoms with Crippen molar-refractivity contribution in [3.63, 3.8) is 0 Å². The summed E-state index contributed by atoms with van der Waals surface area (Å²) in [5.74, 6) is 6.90. The van der Waals surface area contributed by atoms with E-state index in [0.717, 1.165) is 62.7 Å². The highest BCUT2D eigenvalue weighted by atomic mass is 35.5. The van der Waals surface area contributed by atoms with E-state index >= 15 is 0 Å². The molecule has 3 aromatic rings. The van der Waals surface area contributed by atoms with Crippen LogP contribution >= 0.6 is 23.2 Å². The Bertz CT molecular complexity index is 1390. The Hall–Kier alpha value is -2.85. The fraction of sp³-hybridized carbons (Fsp3) is 0.414. The number of aromatic carboxylic acids is 1. The van der Waals surface area contributed by atoms with Crippen LogP contribution in [0.2, 0.25) is 10.0 Å². The average molecular weight is 537 g/mol. The van der Waals surface area contributed by atoms with Gasteiger partial charge in [-0.2, -0.15) is 0 Å². The van der Waals surface area contributed by atoms with Gasteiger partial charge in [0.1, 0.15) is 17.1 Å². The third-order valence-corrected chi connectivity index (χ3v) is 8.76. The van der Waals surface area contributed by atoms with Crippen molar-refractivity contribution in [1.29, 1.82) is 0 Å². The van der Waals surface area contributed by atoms with Crippen LogP contribution in [-0.4, -0.2) is 26.8 Å². The van der Waals surface area contributed by atoms with Gasteiger partial charge in [0.15, 0.2) is 0 Å². The second-order valence-electron chi connectivity index (χ2n) is 10.5.